The zero-order valence-electron chi connectivity index (χ0n) is 12.0. The molecule has 0 amide bonds. The number of hydrogen-bond acceptors (Lipinski definition) is 2. The Hall–Kier alpha value is -0.860. The van der Waals surface area contributed by atoms with Crippen molar-refractivity contribution >= 4 is 0 Å². The highest BCUT2D eigenvalue weighted by Gasteiger charge is 2.31. The Labute approximate surface area is 117 Å². The van der Waals surface area contributed by atoms with Gasteiger partial charge in [0.2, 0.25) is 0 Å². The van der Waals surface area contributed by atoms with Crippen molar-refractivity contribution in [3.63, 3.8) is 0 Å². The number of benzene rings is 1. The third-order valence-corrected chi connectivity index (χ3v) is 4.93. The molecule has 1 aliphatic heterocycles. The van der Waals surface area contributed by atoms with Crippen molar-refractivity contribution in [2.45, 2.75) is 51.1 Å². The van der Waals surface area contributed by atoms with E-state index in [9.17, 15) is 0 Å². The van der Waals surface area contributed by atoms with Crippen LogP contribution in [0.3, 0.4) is 0 Å². The molecule has 0 radical (unpaired) electrons. The lowest BCUT2D eigenvalue weighted by Crippen LogP contribution is -2.47. The van der Waals surface area contributed by atoms with Crippen LogP contribution in [0.15, 0.2) is 24.3 Å². The Morgan fingerprint density at radius 3 is 2.84 bits per heavy atom. The van der Waals surface area contributed by atoms with Crippen molar-refractivity contribution < 1.29 is 0 Å². The summed E-state index contributed by atoms with van der Waals surface area (Å²) in [5, 5.41) is 0. The van der Waals surface area contributed by atoms with Crippen LogP contribution in [-0.2, 0) is 6.42 Å². The van der Waals surface area contributed by atoms with E-state index in [0.29, 0.717) is 6.04 Å². The van der Waals surface area contributed by atoms with Crippen LogP contribution in [0.25, 0.3) is 0 Å². The predicted molar refractivity (Wildman–Crippen MR) is 80.1 cm³/mol. The van der Waals surface area contributed by atoms with Gasteiger partial charge in [0.05, 0.1) is 0 Å². The van der Waals surface area contributed by atoms with Crippen molar-refractivity contribution in [3.8, 4) is 0 Å². The Balaban J connectivity index is 1.83. The molecule has 2 N–H and O–H groups in total. The van der Waals surface area contributed by atoms with Crippen molar-refractivity contribution in [3.05, 3.63) is 35.4 Å². The molecule has 1 aromatic rings. The molecule has 2 nitrogen and oxygen atoms in total. The summed E-state index contributed by atoms with van der Waals surface area (Å²) in [4.78, 5) is 2.67. The molecule has 3 atom stereocenters. The van der Waals surface area contributed by atoms with Gasteiger partial charge in [-0.1, -0.05) is 31.2 Å². The van der Waals surface area contributed by atoms with E-state index in [0.717, 1.165) is 5.92 Å². The van der Waals surface area contributed by atoms with Crippen molar-refractivity contribution in [2.75, 3.05) is 13.1 Å². The smallest absolute Gasteiger partial charge is 0.0455 e. The summed E-state index contributed by atoms with van der Waals surface area (Å²) in [5.41, 5.74) is 9.49. The second-order valence-corrected chi connectivity index (χ2v) is 6.43. The van der Waals surface area contributed by atoms with Crippen LogP contribution in [0, 0.1) is 5.92 Å². The molecule has 2 aliphatic rings. The van der Waals surface area contributed by atoms with Crippen molar-refractivity contribution in [2.24, 2.45) is 11.7 Å². The molecule has 104 valence electrons. The van der Waals surface area contributed by atoms with Gasteiger partial charge >= 0.3 is 0 Å². The van der Waals surface area contributed by atoms with Crippen LogP contribution in [0.1, 0.15) is 49.8 Å². The van der Waals surface area contributed by atoms with Gasteiger partial charge in [0.25, 0.3) is 0 Å². The first kappa shape index (κ1) is 13.1. The minimum atomic E-state index is 0.198. The Bertz CT molecular complexity index is 429. The molecule has 1 aliphatic carbocycles. The number of hydrogen-bond donors (Lipinski definition) is 1. The largest absolute Gasteiger partial charge is 0.323 e. The topological polar surface area (TPSA) is 29.3 Å². The lowest BCUT2D eigenvalue weighted by Gasteiger charge is -2.39. The fraction of sp³-hybridized carbons (Fsp3) is 0.647. The summed E-state index contributed by atoms with van der Waals surface area (Å²) >= 11 is 0. The predicted octanol–water partition coefficient (Wildman–Crippen LogP) is 3.12. The van der Waals surface area contributed by atoms with Crippen LogP contribution in [0.4, 0.5) is 0 Å². The number of aryl methyl sites for hydroxylation is 1. The molecule has 1 saturated heterocycles. The molecule has 0 aromatic heterocycles. The van der Waals surface area contributed by atoms with Gasteiger partial charge in [-0.25, -0.2) is 0 Å². The lowest BCUT2D eigenvalue weighted by molar-refractivity contribution is 0.107. The Morgan fingerprint density at radius 1 is 1.16 bits per heavy atom. The summed E-state index contributed by atoms with van der Waals surface area (Å²) < 4.78 is 0. The van der Waals surface area contributed by atoms with Gasteiger partial charge in [-0.2, -0.15) is 0 Å². The number of nitrogens with two attached hydrogens (primary N) is 1. The van der Waals surface area contributed by atoms with Crippen LogP contribution in [0.5, 0.6) is 0 Å². The second kappa shape index (κ2) is 5.64. The van der Waals surface area contributed by atoms with E-state index in [2.05, 4.69) is 36.1 Å². The summed E-state index contributed by atoms with van der Waals surface area (Å²) in [6.45, 7) is 4.85. The van der Waals surface area contributed by atoms with Crippen LogP contribution in [0.2, 0.25) is 0 Å². The SMILES string of the molecule is CC1CCCN(C2CCCc3ccccc3C2N)C1. The number of nitrogens with zero attached hydrogens (tertiary/aromatic N) is 1. The monoisotopic (exact) mass is 258 g/mol. The van der Waals surface area contributed by atoms with Gasteiger partial charge in [0.1, 0.15) is 0 Å². The molecule has 0 spiro atoms. The molecule has 1 fully saturated rings. The highest BCUT2D eigenvalue weighted by Crippen LogP contribution is 2.32. The Morgan fingerprint density at radius 2 is 2.00 bits per heavy atom. The van der Waals surface area contributed by atoms with Gasteiger partial charge < -0.3 is 5.73 Å². The van der Waals surface area contributed by atoms with Gasteiger partial charge in [0, 0.05) is 18.6 Å². The van der Waals surface area contributed by atoms with Gasteiger partial charge in [0.15, 0.2) is 0 Å². The molecule has 3 unspecified atom stereocenters. The second-order valence-electron chi connectivity index (χ2n) is 6.43. The van der Waals surface area contributed by atoms with Crippen molar-refractivity contribution in [1.82, 2.24) is 4.90 Å². The van der Waals surface area contributed by atoms with Crippen molar-refractivity contribution in [1.29, 1.82) is 0 Å². The maximum absolute atomic E-state index is 6.63. The lowest BCUT2D eigenvalue weighted by atomic mass is 9.92. The molecular weight excluding hydrogens is 232 g/mol. The number of rotatable bonds is 1. The third-order valence-electron chi connectivity index (χ3n) is 4.93. The third kappa shape index (κ3) is 2.70. The molecular formula is C17H26N2. The molecule has 1 aromatic carbocycles. The normalized spacial score (nSPS) is 32.6. The van der Waals surface area contributed by atoms with E-state index in [1.54, 1.807) is 0 Å². The number of likely N-dealkylation sites (tertiary alicyclic amines) is 1. The first-order valence-corrected chi connectivity index (χ1v) is 7.83. The summed E-state index contributed by atoms with van der Waals surface area (Å²) in [6, 6.07) is 9.53. The quantitative estimate of drug-likeness (QED) is 0.784. The molecule has 3 rings (SSSR count). The highest BCUT2D eigenvalue weighted by atomic mass is 15.2. The van der Waals surface area contributed by atoms with Gasteiger partial charge in [-0.05, 0) is 55.7 Å². The molecule has 19 heavy (non-hydrogen) atoms. The molecule has 1 heterocycles. The first-order chi connectivity index (χ1) is 9.25. The van der Waals surface area contributed by atoms with E-state index in [1.807, 2.05) is 0 Å². The maximum Gasteiger partial charge on any atom is 0.0455 e. The van der Waals surface area contributed by atoms with E-state index in [1.165, 1.54) is 56.3 Å². The zero-order valence-corrected chi connectivity index (χ0v) is 12.0. The van der Waals surface area contributed by atoms with E-state index >= 15 is 0 Å². The zero-order chi connectivity index (χ0) is 13.2. The first-order valence-electron chi connectivity index (χ1n) is 7.83. The van der Waals surface area contributed by atoms with Gasteiger partial charge in [-0.3, -0.25) is 4.90 Å². The molecule has 0 saturated carbocycles. The minimum Gasteiger partial charge on any atom is -0.323 e. The van der Waals surface area contributed by atoms with E-state index in [4.69, 9.17) is 5.73 Å². The fourth-order valence-electron chi connectivity index (χ4n) is 3.91. The van der Waals surface area contributed by atoms with Gasteiger partial charge in [-0.15, -0.1) is 0 Å². The average Bonchev–Trinajstić information content (AvgIpc) is 2.59. The average molecular weight is 258 g/mol. The maximum atomic E-state index is 6.63. The van der Waals surface area contributed by atoms with Crippen LogP contribution in [-0.4, -0.2) is 24.0 Å². The number of piperidine rings is 1. The van der Waals surface area contributed by atoms with E-state index < -0.39 is 0 Å². The fourth-order valence-corrected chi connectivity index (χ4v) is 3.91. The van der Waals surface area contributed by atoms with E-state index in [-0.39, 0.29) is 6.04 Å². The van der Waals surface area contributed by atoms with Crippen LogP contribution >= 0.6 is 0 Å². The number of fused-ring (bicyclic) bond motifs is 1. The molecule has 2 heteroatoms. The molecule has 0 bridgehead atoms. The summed E-state index contributed by atoms with van der Waals surface area (Å²) in [5.74, 6) is 0.833. The van der Waals surface area contributed by atoms with Crippen LogP contribution < -0.4 is 5.73 Å². The highest BCUT2D eigenvalue weighted by molar-refractivity contribution is 5.32. The Kier molecular flexibility index (Phi) is 3.90. The standard InChI is InChI=1S/C17H26N2/c1-13-6-5-11-19(12-13)16-10-4-8-14-7-2-3-9-15(14)17(16)18/h2-3,7,9,13,16-17H,4-6,8,10-12,18H2,1H3. The summed E-state index contributed by atoms with van der Waals surface area (Å²) in [6.07, 6.45) is 6.45. The minimum absolute atomic E-state index is 0.198. The summed E-state index contributed by atoms with van der Waals surface area (Å²) in [7, 11) is 0.